The first-order valence-electron chi connectivity index (χ1n) is 6.47. The number of fused-ring (bicyclic) bond motifs is 1. The van der Waals surface area contributed by atoms with E-state index in [1.165, 1.54) is 0 Å². The van der Waals surface area contributed by atoms with Gasteiger partial charge in [0.15, 0.2) is 11.3 Å². The Balaban J connectivity index is 2.06. The molecule has 0 aliphatic heterocycles. The van der Waals surface area contributed by atoms with Crippen molar-refractivity contribution in [3.63, 3.8) is 0 Å². The number of ketones is 1. The first-order valence-corrected chi connectivity index (χ1v) is 6.85. The Morgan fingerprint density at radius 1 is 1.19 bits per heavy atom. The molecule has 21 heavy (non-hydrogen) atoms. The molecule has 0 unspecified atom stereocenters. The molecule has 0 fully saturated rings. The fraction of sp³-hybridized carbons (Fsp3) is 0.118. The van der Waals surface area contributed by atoms with Crippen molar-refractivity contribution < 1.29 is 13.9 Å². The molecular weight excluding hydrogens is 288 g/mol. The Bertz CT molecular complexity index is 833. The molecule has 3 aromatic rings. The third kappa shape index (κ3) is 2.41. The quantitative estimate of drug-likeness (QED) is 0.662. The normalized spacial score (nSPS) is 10.8. The van der Waals surface area contributed by atoms with E-state index in [1.807, 2.05) is 25.1 Å². The number of benzene rings is 2. The van der Waals surface area contributed by atoms with Crippen LogP contribution in [0.2, 0.25) is 5.02 Å². The number of halogens is 1. The zero-order valence-electron chi connectivity index (χ0n) is 11.6. The van der Waals surface area contributed by atoms with Gasteiger partial charge in [0.1, 0.15) is 5.75 Å². The molecule has 1 heterocycles. The van der Waals surface area contributed by atoms with Crippen LogP contribution in [0.5, 0.6) is 5.75 Å². The Hall–Kier alpha value is -2.26. The highest BCUT2D eigenvalue weighted by atomic mass is 35.5. The lowest BCUT2D eigenvalue weighted by Crippen LogP contribution is -2.00. The average Bonchev–Trinajstić information content (AvgIpc) is 2.92. The first kappa shape index (κ1) is 13.7. The molecule has 3 rings (SSSR count). The fourth-order valence-corrected chi connectivity index (χ4v) is 2.46. The Kier molecular flexibility index (Phi) is 3.43. The van der Waals surface area contributed by atoms with Crippen LogP contribution >= 0.6 is 11.6 Å². The van der Waals surface area contributed by atoms with E-state index < -0.39 is 0 Å². The lowest BCUT2D eigenvalue weighted by molar-refractivity contribution is 0.101. The van der Waals surface area contributed by atoms with Crippen LogP contribution in [0.4, 0.5) is 0 Å². The summed E-state index contributed by atoms with van der Waals surface area (Å²) in [7, 11) is 1.58. The van der Waals surface area contributed by atoms with Gasteiger partial charge in [-0.3, -0.25) is 4.79 Å². The molecule has 0 saturated heterocycles. The number of para-hydroxylation sites is 1. The zero-order valence-corrected chi connectivity index (χ0v) is 12.4. The predicted molar refractivity (Wildman–Crippen MR) is 82.4 cm³/mol. The van der Waals surface area contributed by atoms with Crippen molar-refractivity contribution in [3.05, 3.63) is 64.4 Å². The maximum Gasteiger partial charge on any atom is 0.228 e. The summed E-state index contributed by atoms with van der Waals surface area (Å²) in [6.07, 6.45) is 0. The Morgan fingerprint density at radius 2 is 2.00 bits per heavy atom. The highest BCUT2D eigenvalue weighted by Gasteiger charge is 2.17. The Morgan fingerprint density at radius 3 is 2.71 bits per heavy atom. The smallest absolute Gasteiger partial charge is 0.228 e. The largest absolute Gasteiger partial charge is 0.496 e. The summed E-state index contributed by atoms with van der Waals surface area (Å²) in [6, 6.07) is 12.4. The van der Waals surface area contributed by atoms with E-state index >= 15 is 0 Å². The second kappa shape index (κ2) is 5.26. The molecule has 2 aromatic carbocycles. The van der Waals surface area contributed by atoms with Crippen molar-refractivity contribution in [1.29, 1.82) is 0 Å². The van der Waals surface area contributed by atoms with E-state index in [2.05, 4.69) is 0 Å². The molecule has 0 atom stereocenters. The van der Waals surface area contributed by atoms with Gasteiger partial charge in [0.05, 0.1) is 12.1 Å². The summed E-state index contributed by atoms with van der Waals surface area (Å²) < 4.78 is 10.8. The van der Waals surface area contributed by atoms with Crippen molar-refractivity contribution in [2.24, 2.45) is 0 Å². The molecule has 0 N–H and O–H groups in total. The fourth-order valence-electron chi connectivity index (χ4n) is 2.24. The van der Waals surface area contributed by atoms with Crippen LogP contribution in [0.3, 0.4) is 0 Å². The number of methoxy groups -OCH3 is 1. The summed E-state index contributed by atoms with van der Waals surface area (Å²) in [6.45, 7) is 1.92. The second-order valence-electron chi connectivity index (χ2n) is 4.78. The number of carbonyl (C=O) groups excluding carboxylic acids is 1. The molecular formula is C17H13ClO3. The van der Waals surface area contributed by atoms with E-state index in [0.29, 0.717) is 21.9 Å². The summed E-state index contributed by atoms with van der Waals surface area (Å²) in [5.74, 6) is 0.750. The van der Waals surface area contributed by atoms with Crippen LogP contribution in [0, 0.1) is 6.92 Å². The number of rotatable bonds is 3. The molecule has 0 saturated carbocycles. The van der Waals surface area contributed by atoms with Crippen LogP contribution in [-0.4, -0.2) is 12.9 Å². The second-order valence-corrected chi connectivity index (χ2v) is 5.19. The van der Waals surface area contributed by atoms with Gasteiger partial charge in [0, 0.05) is 10.9 Å². The van der Waals surface area contributed by atoms with E-state index in [0.717, 1.165) is 10.9 Å². The topological polar surface area (TPSA) is 39.4 Å². The number of carbonyl (C=O) groups is 1. The zero-order chi connectivity index (χ0) is 15.0. The van der Waals surface area contributed by atoms with Gasteiger partial charge >= 0.3 is 0 Å². The van der Waals surface area contributed by atoms with E-state index in [-0.39, 0.29) is 11.5 Å². The monoisotopic (exact) mass is 300 g/mol. The predicted octanol–water partition coefficient (Wildman–Crippen LogP) is 4.63. The number of hydrogen-bond donors (Lipinski definition) is 0. The van der Waals surface area contributed by atoms with Crippen molar-refractivity contribution >= 4 is 28.4 Å². The molecule has 0 aliphatic carbocycles. The van der Waals surface area contributed by atoms with Crippen LogP contribution in [-0.2, 0) is 0 Å². The Labute approximate surface area is 127 Å². The van der Waals surface area contributed by atoms with Crippen LogP contribution < -0.4 is 4.74 Å². The summed E-state index contributed by atoms with van der Waals surface area (Å²) >= 11 is 6.06. The van der Waals surface area contributed by atoms with Crippen LogP contribution in [0.25, 0.3) is 11.0 Å². The summed E-state index contributed by atoms with van der Waals surface area (Å²) in [4.78, 5) is 12.5. The van der Waals surface area contributed by atoms with Crippen LogP contribution in [0.1, 0.15) is 21.7 Å². The lowest BCUT2D eigenvalue weighted by atomic mass is 10.1. The highest BCUT2D eigenvalue weighted by Crippen LogP contribution is 2.28. The third-order valence-electron chi connectivity index (χ3n) is 3.39. The lowest BCUT2D eigenvalue weighted by Gasteiger charge is -2.05. The molecule has 106 valence electrons. The highest BCUT2D eigenvalue weighted by molar-refractivity contribution is 6.35. The van der Waals surface area contributed by atoms with Gasteiger partial charge in [-0.2, -0.15) is 0 Å². The minimum absolute atomic E-state index is 0.194. The van der Waals surface area contributed by atoms with Gasteiger partial charge in [-0.15, -0.1) is 0 Å². The number of hydrogen-bond acceptors (Lipinski definition) is 3. The number of furan rings is 1. The van der Waals surface area contributed by atoms with E-state index in [4.69, 9.17) is 20.8 Å². The summed E-state index contributed by atoms with van der Waals surface area (Å²) in [5, 5.41) is 1.30. The molecule has 3 nitrogen and oxygen atoms in total. The van der Waals surface area contributed by atoms with Crippen molar-refractivity contribution in [2.75, 3.05) is 7.11 Å². The van der Waals surface area contributed by atoms with Crippen LogP contribution in [0.15, 0.2) is 46.9 Å². The minimum atomic E-state index is -0.194. The average molecular weight is 301 g/mol. The van der Waals surface area contributed by atoms with Gasteiger partial charge in [-0.25, -0.2) is 0 Å². The standard InChI is InChI=1S/C17H13ClO3/c1-10-6-7-11(8-14(10)20-2)16(19)15-9-12-4-3-5-13(18)17(12)21-15/h3-9H,1-2H3. The maximum absolute atomic E-state index is 12.5. The summed E-state index contributed by atoms with van der Waals surface area (Å²) in [5.41, 5.74) is 2.02. The van der Waals surface area contributed by atoms with Gasteiger partial charge in [0.25, 0.3) is 0 Å². The minimum Gasteiger partial charge on any atom is -0.496 e. The molecule has 1 aromatic heterocycles. The van der Waals surface area contributed by atoms with Gasteiger partial charge in [-0.05, 0) is 30.7 Å². The molecule has 0 spiro atoms. The first-order chi connectivity index (χ1) is 10.1. The van der Waals surface area contributed by atoms with Gasteiger partial charge < -0.3 is 9.15 Å². The third-order valence-corrected chi connectivity index (χ3v) is 3.69. The number of aryl methyl sites for hydroxylation is 1. The van der Waals surface area contributed by atoms with Gasteiger partial charge in [0.2, 0.25) is 5.78 Å². The molecule has 0 bridgehead atoms. The molecule has 4 heteroatoms. The van der Waals surface area contributed by atoms with Crippen molar-refractivity contribution in [1.82, 2.24) is 0 Å². The van der Waals surface area contributed by atoms with E-state index in [9.17, 15) is 4.79 Å². The molecule has 0 aliphatic rings. The van der Waals surface area contributed by atoms with Crippen molar-refractivity contribution in [3.8, 4) is 5.75 Å². The van der Waals surface area contributed by atoms with Gasteiger partial charge in [-0.1, -0.05) is 35.9 Å². The van der Waals surface area contributed by atoms with E-state index in [1.54, 1.807) is 31.4 Å². The molecule has 0 amide bonds. The molecule has 0 radical (unpaired) electrons. The maximum atomic E-state index is 12.5. The SMILES string of the molecule is COc1cc(C(=O)c2cc3cccc(Cl)c3o2)ccc1C. The van der Waals surface area contributed by atoms with Crippen molar-refractivity contribution in [2.45, 2.75) is 6.92 Å². The number of ether oxygens (including phenoxy) is 1.